The molecule has 0 amide bonds. The first-order valence-corrected chi connectivity index (χ1v) is 20.2. The van der Waals surface area contributed by atoms with E-state index >= 15 is 0 Å². The lowest BCUT2D eigenvalue weighted by Gasteiger charge is -2.18. The van der Waals surface area contributed by atoms with Crippen LogP contribution in [0.1, 0.15) is 232 Å². The van der Waals surface area contributed by atoms with Crippen LogP contribution in [-0.2, 0) is 14.3 Å². The van der Waals surface area contributed by atoms with Crippen LogP contribution in [-0.4, -0.2) is 23.1 Å². The fourth-order valence-corrected chi connectivity index (χ4v) is 6.24. The Kier molecular flexibility index (Phi) is 36.1. The highest BCUT2D eigenvalue weighted by molar-refractivity contribution is 5.69. The maximum Gasteiger partial charge on any atom is 0.306 e. The molecular formula is C41H78O4. The molecular weight excluding hydrogens is 556 g/mol. The van der Waals surface area contributed by atoms with Gasteiger partial charge in [0.15, 0.2) is 0 Å². The lowest BCUT2D eigenvalue weighted by Crippen LogP contribution is -2.18. The molecule has 0 bridgehead atoms. The molecule has 0 saturated carbocycles. The number of carboxylic acid groups (broad SMARTS) is 1. The molecule has 45 heavy (non-hydrogen) atoms. The molecule has 0 aliphatic carbocycles. The van der Waals surface area contributed by atoms with Gasteiger partial charge in [-0.1, -0.05) is 167 Å². The predicted octanol–water partition coefficient (Wildman–Crippen LogP) is 13.8. The summed E-state index contributed by atoms with van der Waals surface area (Å²) < 4.78 is 6.00. The zero-order valence-electron chi connectivity index (χ0n) is 30.4. The SMILES string of the molecule is CCCCCCCCC/C=C\CCCCCCCC(=O)OC(CCCCCCCCCCCCC)CCCCCCCC(=O)O. The highest BCUT2D eigenvalue weighted by atomic mass is 16.5. The van der Waals surface area contributed by atoms with Crippen molar-refractivity contribution < 1.29 is 19.4 Å². The average Bonchev–Trinajstić information content (AvgIpc) is 3.02. The molecule has 0 aromatic rings. The molecule has 0 saturated heterocycles. The topological polar surface area (TPSA) is 63.6 Å². The van der Waals surface area contributed by atoms with Crippen molar-refractivity contribution in [1.82, 2.24) is 0 Å². The van der Waals surface area contributed by atoms with Crippen LogP contribution < -0.4 is 0 Å². The largest absolute Gasteiger partial charge is 0.481 e. The van der Waals surface area contributed by atoms with E-state index < -0.39 is 5.97 Å². The first kappa shape index (κ1) is 43.7. The second-order valence-electron chi connectivity index (χ2n) is 13.8. The van der Waals surface area contributed by atoms with Gasteiger partial charge in [0.25, 0.3) is 0 Å². The summed E-state index contributed by atoms with van der Waals surface area (Å²) in [5, 5.41) is 8.81. The van der Waals surface area contributed by atoms with Crippen LogP contribution in [0.2, 0.25) is 0 Å². The van der Waals surface area contributed by atoms with Crippen molar-refractivity contribution in [2.75, 3.05) is 0 Å². The van der Waals surface area contributed by atoms with Crippen molar-refractivity contribution in [3.63, 3.8) is 0 Å². The molecule has 0 aliphatic rings. The Labute approximate surface area is 281 Å². The first-order chi connectivity index (χ1) is 22.1. The van der Waals surface area contributed by atoms with Crippen molar-refractivity contribution in [2.45, 2.75) is 238 Å². The van der Waals surface area contributed by atoms with Gasteiger partial charge in [0.05, 0.1) is 0 Å². The van der Waals surface area contributed by atoms with Crippen molar-refractivity contribution in [3.8, 4) is 0 Å². The number of unbranched alkanes of at least 4 members (excludes halogenated alkanes) is 26. The molecule has 0 aromatic carbocycles. The number of allylic oxidation sites excluding steroid dienone is 2. The van der Waals surface area contributed by atoms with Crippen molar-refractivity contribution in [1.29, 1.82) is 0 Å². The summed E-state index contributed by atoms with van der Waals surface area (Å²) in [4.78, 5) is 23.4. The van der Waals surface area contributed by atoms with Gasteiger partial charge in [-0.2, -0.15) is 0 Å². The minimum Gasteiger partial charge on any atom is -0.481 e. The number of carbonyl (C=O) groups excluding carboxylic acids is 1. The molecule has 1 unspecified atom stereocenters. The Morgan fingerprint density at radius 3 is 1.20 bits per heavy atom. The number of aliphatic carboxylic acids is 1. The normalized spacial score (nSPS) is 12.2. The van der Waals surface area contributed by atoms with E-state index in [4.69, 9.17) is 9.84 Å². The summed E-state index contributed by atoms with van der Waals surface area (Å²) in [5.74, 6) is -0.701. The maximum atomic E-state index is 12.7. The number of hydrogen-bond acceptors (Lipinski definition) is 3. The Morgan fingerprint density at radius 1 is 0.467 bits per heavy atom. The summed E-state index contributed by atoms with van der Waals surface area (Å²) in [6, 6.07) is 0. The van der Waals surface area contributed by atoms with E-state index in [1.807, 2.05) is 0 Å². The van der Waals surface area contributed by atoms with E-state index in [0.717, 1.165) is 64.2 Å². The molecule has 266 valence electrons. The van der Waals surface area contributed by atoms with Gasteiger partial charge in [0, 0.05) is 12.8 Å². The van der Waals surface area contributed by atoms with Crippen LogP contribution in [0.5, 0.6) is 0 Å². The first-order valence-electron chi connectivity index (χ1n) is 20.2. The van der Waals surface area contributed by atoms with Crippen LogP contribution in [0.25, 0.3) is 0 Å². The van der Waals surface area contributed by atoms with Gasteiger partial charge in [-0.05, 0) is 64.2 Å². The van der Waals surface area contributed by atoms with E-state index in [0.29, 0.717) is 6.42 Å². The van der Waals surface area contributed by atoms with E-state index in [2.05, 4.69) is 26.0 Å². The molecule has 1 N–H and O–H groups in total. The van der Waals surface area contributed by atoms with Gasteiger partial charge < -0.3 is 9.84 Å². The van der Waals surface area contributed by atoms with Crippen LogP contribution >= 0.6 is 0 Å². The van der Waals surface area contributed by atoms with Crippen molar-refractivity contribution >= 4 is 11.9 Å². The second-order valence-corrected chi connectivity index (χ2v) is 13.8. The average molecular weight is 635 g/mol. The standard InChI is InChI=1S/C41H78O4/c1-3-5-7-9-11-13-15-16-17-18-19-21-23-25-30-34-38-41(44)45-39(36-32-28-26-29-33-37-40(42)43)35-31-27-24-22-20-14-12-10-8-6-4-2/h17-18,39H,3-16,19-38H2,1-2H3,(H,42,43)/b18-17-. The number of carbonyl (C=O) groups is 2. The minimum atomic E-state index is -0.699. The van der Waals surface area contributed by atoms with Gasteiger partial charge in [-0.3, -0.25) is 9.59 Å². The number of esters is 1. The summed E-state index contributed by atoms with van der Waals surface area (Å²) in [6.45, 7) is 4.55. The third-order valence-electron chi connectivity index (χ3n) is 9.24. The fraction of sp³-hybridized carbons (Fsp3) is 0.902. The zero-order chi connectivity index (χ0) is 32.9. The summed E-state index contributed by atoms with van der Waals surface area (Å²) in [6.07, 6.45) is 45.1. The minimum absolute atomic E-state index is 0.00201. The molecule has 0 aliphatic heterocycles. The van der Waals surface area contributed by atoms with Gasteiger partial charge in [0.2, 0.25) is 0 Å². The zero-order valence-corrected chi connectivity index (χ0v) is 30.4. The highest BCUT2D eigenvalue weighted by Gasteiger charge is 2.14. The smallest absolute Gasteiger partial charge is 0.306 e. The van der Waals surface area contributed by atoms with E-state index in [1.165, 1.54) is 141 Å². The van der Waals surface area contributed by atoms with Crippen LogP contribution in [0, 0.1) is 0 Å². The fourth-order valence-electron chi connectivity index (χ4n) is 6.24. The quantitative estimate of drug-likeness (QED) is 0.0419. The molecule has 0 fully saturated rings. The van der Waals surface area contributed by atoms with Gasteiger partial charge in [-0.25, -0.2) is 0 Å². The van der Waals surface area contributed by atoms with Crippen molar-refractivity contribution in [2.24, 2.45) is 0 Å². The monoisotopic (exact) mass is 635 g/mol. The number of hydrogen-bond donors (Lipinski definition) is 1. The lowest BCUT2D eigenvalue weighted by molar-refractivity contribution is -0.150. The highest BCUT2D eigenvalue weighted by Crippen LogP contribution is 2.19. The summed E-state index contributed by atoms with van der Waals surface area (Å²) in [7, 11) is 0. The molecule has 4 heteroatoms. The third-order valence-corrected chi connectivity index (χ3v) is 9.24. The third kappa shape index (κ3) is 37.0. The Bertz CT molecular complexity index is 643. The van der Waals surface area contributed by atoms with E-state index in [1.54, 1.807) is 0 Å². The molecule has 0 heterocycles. The van der Waals surface area contributed by atoms with E-state index in [9.17, 15) is 9.59 Å². The van der Waals surface area contributed by atoms with Gasteiger partial charge in [0.1, 0.15) is 6.10 Å². The van der Waals surface area contributed by atoms with E-state index in [-0.39, 0.29) is 18.5 Å². The lowest BCUT2D eigenvalue weighted by atomic mass is 10.0. The Hall–Kier alpha value is -1.32. The Balaban J connectivity index is 3.99. The van der Waals surface area contributed by atoms with Gasteiger partial charge >= 0.3 is 11.9 Å². The molecule has 0 rings (SSSR count). The van der Waals surface area contributed by atoms with Crippen LogP contribution in [0.15, 0.2) is 12.2 Å². The Morgan fingerprint density at radius 2 is 0.800 bits per heavy atom. The second kappa shape index (κ2) is 37.1. The van der Waals surface area contributed by atoms with Crippen LogP contribution in [0.4, 0.5) is 0 Å². The molecule has 1 atom stereocenters. The van der Waals surface area contributed by atoms with Gasteiger partial charge in [-0.15, -0.1) is 0 Å². The summed E-state index contributed by atoms with van der Waals surface area (Å²) in [5.41, 5.74) is 0. The van der Waals surface area contributed by atoms with Crippen molar-refractivity contribution in [3.05, 3.63) is 12.2 Å². The number of carboxylic acids is 1. The molecule has 0 aromatic heterocycles. The number of rotatable bonds is 37. The molecule has 4 nitrogen and oxygen atoms in total. The number of ether oxygens (including phenoxy) is 1. The maximum absolute atomic E-state index is 12.7. The summed E-state index contributed by atoms with van der Waals surface area (Å²) >= 11 is 0. The molecule has 0 radical (unpaired) electrons. The van der Waals surface area contributed by atoms with Crippen LogP contribution in [0.3, 0.4) is 0 Å². The molecule has 0 spiro atoms. The predicted molar refractivity (Wildman–Crippen MR) is 195 cm³/mol.